The number of anilines is 1. The van der Waals surface area contributed by atoms with E-state index in [4.69, 9.17) is 5.11 Å². The Labute approximate surface area is 146 Å². The molecule has 0 aliphatic heterocycles. The number of aryl methyl sites for hydroxylation is 1. The van der Waals surface area contributed by atoms with E-state index in [-0.39, 0.29) is 30.5 Å². The number of aliphatic hydroxyl groups is 1. The number of fused-ring (bicyclic) bond motifs is 1. The molecular weight excluding hydrogens is 350 g/mol. The van der Waals surface area contributed by atoms with Crippen LogP contribution in [0.3, 0.4) is 0 Å². The highest BCUT2D eigenvalue weighted by molar-refractivity contribution is 8.00. The number of carbonyl (C=O) groups is 1. The number of aliphatic hydroxyl groups excluding tert-OH is 1. The van der Waals surface area contributed by atoms with E-state index in [0.29, 0.717) is 10.2 Å². The lowest BCUT2D eigenvalue weighted by molar-refractivity contribution is -0.113. The zero-order chi connectivity index (χ0) is 17.1. The number of thioether (sulfide) groups is 1. The second-order valence-corrected chi connectivity index (χ2v) is 7.46. The van der Waals surface area contributed by atoms with E-state index < -0.39 is 0 Å². The van der Waals surface area contributed by atoms with Gasteiger partial charge in [-0.3, -0.25) is 14.7 Å². The van der Waals surface area contributed by atoms with Gasteiger partial charge in [0.2, 0.25) is 11.0 Å². The van der Waals surface area contributed by atoms with Crippen molar-refractivity contribution >= 4 is 34.1 Å². The van der Waals surface area contributed by atoms with Gasteiger partial charge in [-0.2, -0.15) is 4.98 Å². The number of rotatable bonds is 6. The zero-order valence-corrected chi connectivity index (χ0v) is 14.7. The Hall–Kier alpha value is -1.78. The summed E-state index contributed by atoms with van der Waals surface area (Å²) in [6, 6.07) is 0. The Morgan fingerprint density at radius 3 is 2.96 bits per heavy atom. The van der Waals surface area contributed by atoms with Crippen LogP contribution < -0.4 is 11.0 Å². The van der Waals surface area contributed by atoms with Gasteiger partial charge in [-0.15, -0.1) is 10.2 Å². The van der Waals surface area contributed by atoms with Crippen molar-refractivity contribution in [2.75, 3.05) is 17.7 Å². The van der Waals surface area contributed by atoms with E-state index in [0.717, 1.165) is 35.5 Å². The Kier molecular flexibility index (Phi) is 5.27. The first-order valence-corrected chi connectivity index (χ1v) is 9.35. The monoisotopic (exact) mass is 367 g/mol. The van der Waals surface area contributed by atoms with E-state index in [1.807, 2.05) is 6.92 Å². The topological polar surface area (TPSA) is 110 Å². The van der Waals surface area contributed by atoms with E-state index in [9.17, 15) is 9.59 Å². The minimum Gasteiger partial charge on any atom is -0.395 e. The number of nitrogens with one attached hydrogen (secondary N) is 1. The SMILES string of the molecule is Cc1nnc(NC(=O)CSc2nc(=O)n(CCO)c3c2CCC3)s1. The van der Waals surface area contributed by atoms with Gasteiger partial charge in [0.15, 0.2) is 0 Å². The van der Waals surface area contributed by atoms with Gasteiger partial charge < -0.3 is 5.11 Å². The fourth-order valence-corrected chi connectivity index (χ4v) is 4.16. The molecule has 2 aromatic heterocycles. The van der Waals surface area contributed by atoms with Crippen LogP contribution in [0.15, 0.2) is 9.82 Å². The molecule has 1 aliphatic rings. The molecule has 2 N–H and O–H groups in total. The average molecular weight is 367 g/mol. The quantitative estimate of drug-likeness (QED) is 0.569. The molecule has 0 saturated heterocycles. The van der Waals surface area contributed by atoms with Crippen molar-refractivity contribution in [3.63, 3.8) is 0 Å². The summed E-state index contributed by atoms with van der Waals surface area (Å²) in [4.78, 5) is 28.3. The number of carbonyl (C=O) groups excluding carboxylic acids is 1. The van der Waals surface area contributed by atoms with Gasteiger partial charge in [-0.1, -0.05) is 23.1 Å². The number of hydrogen-bond donors (Lipinski definition) is 2. The smallest absolute Gasteiger partial charge is 0.348 e. The van der Waals surface area contributed by atoms with Gasteiger partial charge in [0.05, 0.1) is 18.9 Å². The molecule has 0 unspecified atom stereocenters. The Bertz CT molecular complexity index is 817. The third-order valence-corrected chi connectivity index (χ3v) is 5.41. The van der Waals surface area contributed by atoms with Crippen LogP contribution in [0.4, 0.5) is 5.13 Å². The molecule has 1 amide bonds. The minimum absolute atomic E-state index is 0.0931. The minimum atomic E-state index is -0.368. The fraction of sp³-hybridized carbons (Fsp3) is 0.500. The number of aromatic nitrogens is 4. The highest BCUT2D eigenvalue weighted by Crippen LogP contribution is 2.29. The lowest BCUT2D eigenvalue weighted by Gasteiger charge is -2.12. The summed E-state index contributed by atoms with van der Waals surface area (Å²) in [5.74, 6) is -0.0501. The van der Waals surface area contributed by atoms with Crippen molar-refractivity contribution < 1.29 is 9.90 Å². The molecule has 128 valence electrons. The average Bonchev–Trinajstić information content (AvgIpc) is 3.17. The third-order valence-electron chi connectivity index (χ3n) is 3.64. The van der Waals surface area contributed by atoms with Crippen molar-refractivity contribution in [1.29, 1.82) is 0 Å². The summed E-state index contributed by atoms with van der Waals surface area (Å²) in [5.41, 5.74) is 1.59. The van der Waals surface area contributed by atoms with E-state index in [1.165, 1.54) is 27.7 Å². The maximum absolute atomic E-state index is 12.1. The van der Waals surface area contributed by atoms with Crippen LogP contribution in [0.1, 0.15) is 22.7 Å². The molecule has 2 heterocycles. The summed E-state index contributed by atoms with van der Waals surface area (Å²) in [5, 5.41) is 21.4. The summed E-state index contributed by atoms with van der Waals surface area (Å²) < 4.78 is 1.54. The summed E-state index contributed by atoms with van der Waals surface area (Å²) in [6.45, 7) is 1.98. The Morgan fingerprint density at radius 1 is 1.42 bits per heavy atom. The molecular formula is C14H17N5O3S2. The van der Waals surface area contributed by atoms with Crippen LogP contribution in [0.25, 0.3) is 0 Å². The second kappa shape index (κ2) is 7.41. The maximum Gasteiger partial charge on any atom is 0.348 e. The standard InChI is InChI=1S/C14H17N5O3S2/c1-8-17-18-13(24-8)15-11(21)7-23-12-9-3-2-4-10(9)19(5-6-20)14(22)16-12/h20H,2-7H2,1H3,(H,15,18,21). The molecule has 0 atom stereocenters. The first-order valence-electron chi connectivity index (χ1n) is 7.54. The van der Waals surface area contributed by atoms with Gasteiger partial charge in [-0.25, -0.2) is 4.79 Å². The van der Waals surface area contributed by atoms with Gasteiger partial charge in [0.1, 0.15) is 10.0 Å². The molecule has 0 aromatic carbocycles. The van der Waals surface area contributed by atoms with Crippen LogP contribution in [0.2, 0.25) is 0 Å². The first-order chi connectivity index (χ1) is 11.6. The van der Waals surface area contributed by atoms with E-state index in [1.54, 1.807) is 0 Å². The second-order valence-electron chi connectivity index (χ2n) is 5.32. The molecule has 3 rings (SSSR count). The molecule has 0 spiro atoms. The summed E-state index contributed by atoms with van der Waals surface area (Å²) in [6.07, 6.45) is 2.60. The van der Waals surface area contributed by atoms with Gasteiger partial charge >= 0.3 is 5.69 Å². The normalized spacial score (nSPS) is 13.1. The largest absolute Gasteiger partial charge is 0.395 e. The molecule has 0 fully saturated rings. The number of hydrogen-bond acceptors (Lipinski definition) is 8. The summed E-state index contributed by atoms with van der Waals surface area (Å²) >= 11 is 2.57. The lowest BCUT2D eigenvalue weighted by atomic mass is 10.2. The van der Waals surface area contributed by atoms with Gasteiger partial charge in [0, 0.05) is 11.3 Å². The van der Waals surface area contributed by atoms with Crippen molar-refractivity contribution in [2.24, 2.45) is 0 Å². The third kappa shape index (κ3) is 3.65. The number of amides is 1. The first kappa shape index (κ1) is 17.1. The van der Waals surface area contributed by atoms with Crippen molar-refractivity contribution in [3.8, 4) is 0 Å². The zero-order valence-electron chi connectivity index (χ0n) is 13.1. The fourth-order valence-electron chi connectivity index (χ4n) is 2.67. The Morgan fingerprint density at radius 2 is 2.25 bits per heavy atom. The van der Waals surface area contributed by atoms with Crippen LogP contribution in [-0.2, 0) is 24.2 Å². The van der Waals surface area contributed by atoms with Crippen LogP contribution in [0.5, 0.6) is 0 Å². The van der Waals surface area contributed by atoms with Crippen LogP contribution >= 0.6 is 23.1 Å². The molecule has 1 aliphatic carbocycles. The van der Waals surface area contributed by atoms with Crippen molar-refractivity contribution in [3.05, 3.63) is 26.7 Å². The van der Waals surface area contributed by atoms with E-state index in [2.05, 4.69) is 20.5 Å². The predicted octanol–water partition coefficient (Wildman–Crippen LogP) is 0.615. The molecule has 10 heteroatoms. The van der Waals surface area contributed by atoms with Gasteiger partial charge in [0.25, 0.3) is 0 Å². The molecule has 8 nitrogen and oxygen atoms in total. The van der Waals surface area contributed by atoms with Crippen molar-refractivity contribution in [2.45, 2.75) is 37.8 Å². The van der Waals surface area contributed by atoms with Crippen molar-refractivity contribution in [1.82, 2.24) is 19.7 Å². The van der Waals surface area contributed by atoms with Crippen LogP contribution in [-0.4, -0.2) is 43.1 Å². The van der Waals surface area contributed by atoms with E-state index >= 15 is 0 Å². The highest BCUT2D eigenvalue weighted by Gasteiger charge is 2.22. The molecule has 2 aromatic rings. The lowest BCUT2D eigenvalue weighted by Crippen LogP contribution is -2.28. The van der Waals surface area contributed by atoms with Crippen LogP contribution in [0, 0.1) is 6.92 Å². The Balaban J connectivity index is 1.71. The highest BCUT2D eigenvalue weighted by atomic mass is 32.2. The molecule has 0 saturated carbocycles. The molecule has 24 heavy (non-hydrogen) atoms. The maximum atomic E-state index is 12.1. The summed E-state index contributed by atoms with van der Waals surface area (Å²) in [7, 11) is 0. The predicted molar refractivity (Wildman–Crippen MR) is 91.6 cm³/mol. The van der Waals surface area contributed by atoms with Gasteiger partial charge in [-0.05, 0) is 26.2 Å². The number of nitrogens with zero attached hydrogens (tertiary/aromatic N) is 4. The molecule has 0 bridgehead atoms. The molecule has 0 radical (unpaired) electrons.